The first kappa shape index (κ1) is 17.1. The van der Waals surface area contributed by atoms with Gasteiger partial charge in [-0.05, 0) is 50.6 Å². The second-order valence-corrected chi connectivity index (χ2v) is 6.21. The first-order valence-electron chi connectivity index (χ1n) is 8.72. The Kier molecular flexibility index (Phi) is 4.79. The van der Waals surface area contributed by atoms with Crippen LogP contribution in [0.25, 0.3) is 10.9 Å². The van der Waals surface area contributed by atoms with Crippen LogP contribution in [-0.2, 0) is 7.05 Å². The molecule has 130 valence electrons. The summed E-state index contributed by atoms with van der Waals surface area (Å²) in [5.74, 6) is 0.238. The lowest BCUT2D eigenvalue weighted by Crippen LogP contribution is -2.21. The van der Waals surface area contributed by atoms with Crippen molar-refractivity contribution in [2.24, 2.45) is 12.0 Å². The maximum Gasteiger partial charge on any atom is 0.200 e. The maximum absolute atomic E-state index is 10.4. The quantitative estimate of drug-likeness (QED) is 0.681. The van der Waals surface area contributed by atoms with Crippen molar-refractivity contribution in [3.05, 3.63) is 53.6 Å². The van der Waals surface area contributed by atoms with Crippen molar-refractivity contribution in [1.29, 1.82) is 0 Å². The van der Waals surface area contributed by atoms with Gasteiger partial charge in [-0.2, -0.15) is 0 Å². The third-order valence-corrected chi connectivity index (χ3v) is 4.76. The highest BCUT2D eigenvalue weighted by atomic mass is 16.3. The van der Waals surface area contributed by atoms with E-state index < -0.39 is 0 Å². The monoisotopic (exact) mass is 335 g/mol. The lowest BCUT2D eigenvalue weighted by Gasteiger charge is -2.21. The van der Waals surface area contributed by atoms with E-state index in [2.05, 4.69) is 42.8 Å². The molecule has 3 aromatic rings. The van der Waals surface area contributed by atoms with Gasteiger partial charge in [0.2, 0.25) is 5.88 Å². The summed E-state index contributed by atoms with van der Waals surface area (Å²) in [5.41, 5.74) is 5.01. The van der Waals surface area contributed by atoms with Crippen molar-refractivity contribution in [2.75, 3.05) is 18.0 Å². The Morgan fingerprint density at radius 1 is 1.12 bits per heavy atom. The standard InChI is InChI=1S/C21H25N3O/c1-5-24(6-2)16-11-12-19(15(3)13-16)22-14-18-17-9-7-8-10-20(17)23(4)21(18)25/h7-14,25H,5-6H2,1-4H3. The SMILES string of the molecule is CCN(CC)c1ccc(N=Cc2c(O)n(C)c3ccccc23)c(C)c1. The van der Waals surface area contributed by atoms with Gasteiger partial charge in [0.15, 0.2) is 0 Å². The number of hydrogen-bond acceptors (Lipinski definition) is 3. The van der Waals surface area contributed by atoms with E-state index in [0.29, 0.717) is 0 Å². The average Bonchev–Trinajstić information content (AvgIpc) is 2.87. The predicted octanol–water partition coefficient (Wildman–Crippen LogP) is 4.79. The minimum atomic E-state index is 0.238. The van der Waals surface area contributed by atoms with Gasteiger partial charge in [-0.1, -0.05) is 18.2 Å². The van der Waals surface area contributed by atoms with E-state index in [9.17, 15) is 5.11 Å². The highest BCUT2D eigenvalue weighted by Crippen LogP contribution is 2.30. The van der Waals surface area contributed by atoms with Crippen molar-refractivity contribution in [3.8, 4) is 5.88 Å². The fourth-order valence-corrected chi connectivity index (χ4v) is 3.24. The molecule has 0 aliphatic rings. The largest absolute Gasteiger partial charge is 0.494 e. The normalized spacial score (nSPS) is 11.5. The zero-order valence-corrected chi connectivity index (χ0v) is 15.3. The molecular formula is C21H25N3O. The molecule has 0 unspecified atom stereocenters. The Hall–Kier alpha value is -2.75. The van der Waals surface area contributed by atoms with Gasteiger partial charge in [-0.15, -0.1) is 0 Å². The summed E-state index contributed by atoms with van der Waals surface area (Å²) < 4.78 is 1.78. The number of para-hydroxylation sites is 1. The van der Waals surface area contributed by atoms with Crippen molar-refractivity contribution < 1.29 is 5.11 Å². The van der Waals surface area contributed by atoms with Crippen LogP contribution in [0.2, 0.25) is 0 Å². The number of aryl methyl sites for hydroxylation is 2. The van der Waals surface area contributed by atoms with Crippen molar-refractivity contribution in [1.82, 2.24) is 4.57 Å². The molecule has 0 spiro atoms. The van der Waals surface area contributed by atoms with E-state index in [-0.39, 0.29) is 5.88 Å². The molecule has 0 aliphatic carbocycles. The van der Waals surface area contributed by atoms with Crippen molar-refractivity contribution >= 4 is 28.5 Å². The zero-order chi connectivity index (χ0) is 18.0. The summed E-state index contributed by atoms with van der Waals surface area (Å²) in [5, 5.41) is 11.4. The number of nitrogens with zero attached hydrogens (tertiary/aromatic N) is 3. The van der Waals surface area contributed by atoms with E-state index in [1.54, 1.807) is 10.8 Å². The Bertz CT molecular complexity index is 920. The topological polar surface area (TPSA) is 40.8 Å². The molecule has 3 rings (SSSR count). The van der Waals surface area contributed by atoms with E-state index >= 15 is 0 Å². The van der Waals surface area contributed by atoms with Crippen molar-refractivity contribution in [3.63, 3.8) is 0 Å². The number of benzene rings is 2. The first-order chi connectivity index (χ1) is 12.1. The van der Waals surface area contributed by atoms with E-state index in [1.807, 2.05) is 37.4 Å². The molecule has 0 bridgehead atoms. The molecule has 25 heavy (non-hydrogen) atoms. The van der Waals surface area contributed by atoms with E-state index in [1.165, 1.54) is 5.69 Å². The second-order valence-electron chi connectivity index (χ2n) is 6.21. The van der Waals surface area contributed by atoms with Crippen LogP contribution in [0.15, 0.2) is 47.5 Å². The van der Waals surface area contributed by atoms with Crippen LogP contribution in [0.1, 0.15) is 25.0 Å². The number of anilines is 1. The Labute approximate surface area is 149 Å². The first-order valence-corrected chi connectivity index (χ1v) is 8.72. The summed E-state index contributed by atoms with van der Waals surface area (Å²) in [6.07, 6.45) is 1.76. The molecule has 4 heteroatoms. The number of aliphatic imine (C=N–C) groups is 1. The molecule has 0 aliphatic heterocycles. The Morgan fingerprint density at radius 2 is 1.84 bits per heavy atom. The minimum Gasteiger partial charge on any atom is -0.494 e. The Morgan fingerprint density at radius 3 is 2.52 bits per heavy atom. The van der Waals surface area contributed by atoms with Gasteiger partial charge in [0.05, 0.1) is 16.8 Å². The minimum absolute atomic E-state index is 0.238. The lowest BCUT2D eigenvalue weighted by atomic mass is 10.1. The molecular weight excluding hydrogens is 310 g/mol. The van der Waals surface area contributed by atoms with Crippen LogP contribution in [0.3, 0.4) is 0 Å². The highest BCUT2D eigenvalue weighted by Gasteiger charge is 2.12. The second kappa shape index (κ2) is 7.01. The third-order valence-electron chi connectivity index (χ3n) is 4.76. The van der Waals surface area contributed by atoms with Gasteiger partial charge in [-0.3, -0.25) is 4.99 Å². The Balaban J connectivity index is 1.97. The summed E-state index contributed by atoms with van der Waals surface area (Å²) >= 11 is 0. The predicted molar refractivity (Wildman–Crippen MR) is 107 cm³/mol. The van der Waals surface area contributed by atoms with Crippen LogP contribution in [0.5, 0.6) is 5.88 Å². The fourth-order valence-electron chi connectivity index (χ4n) is 3.24. The fraction of sp³-hybridized carbons (Fsp3) is 0.286. The molecule has 1 aromatic heterocycles. The lowest BCUT2D eigenvalue weighted by molar-refractivity contribution is 0.434. The summed E-state index contributed by atoms with van der Waals surface area (Å²) in [6.45, 7) is 8.37. The molecule has 0 saturated heterocycles. The molecule has 0 saturated carbocycles. The molecule has 4 nitrogen and oxygen atoms in total. The van der Waals surface area contributed by atoms with Gasteiger partial charge < -0.3 is 14.6 Å². The number of hydrogen-bond donors (Lipinski definition) is 1. The van der Waals surface area contributed by atoms with Crippen molar-refractivity contribution in [2.45, 2.75) is 20.8 Å². The van der Waals surface area contributed by atoms with Crippen LogP contribution in [0, 0.1) is 6.92 Å². The van der Waals surface area contributed by atoms with Gasteiger partial charge in [0.25, 0.3) is 0 Å². The molecule has 0 fully saturated rings. The van der Waals surface area contributed by atoms with Gasteiger partial charge in [0.1, 0.15) is 0 Å². The zero-order valence-electron chi connectivity index (χ0n) is 15.3. The number of rotatable bonds is 5. The molecule has 1 heterocycles. The maximum atomic E-state index is 10.4. The number of fused-ring (bicyclic) bond motifs is 1. The third kappa shape index (κ3) is 3.12. The van der Waals surface area contributed by atoms with Gasteiger partial charge in [0, 0.05) is 37.4 Å². The molecule has 1 N–H and O–H groups in total. The summed E-state index contributed by atoms with van der Waals surface area (Å²) in [6, 6.07) is 14.3. The average molecular weight is 335 g/mol. The van der Waals surface area contributed by atoms with Crippen LogP contribution >= 0.6 is 0 Å². The molecule has 0 atom stereocenters. The van der Waals surface area contributed by atoms with Crippen LogP contribution in [-0.4, -0.2) is 29.0 Å². The number of aromatic hydroxyl groups is 1. The highest BCUT2D eigenvalue weighted by molar-refractivity contribution is 6.03. The van der Waals surface area contributed by atoms with Gasteiger partial charge >= 0.3 is 0 Å². The number of aromatic nitrogens is 1. The summed E-state index contributed by atoms with van der Waals surface area (Å²) in [4.78, 5) is 6.95. The van der Waals surface area contributed by atoms with Crippen LogP contribution in [0.4, 0.5) is 11.4 Å². The van der Waals surface area contributed by atoms with E-state index in [0.717, 1.165) is 40.8 Å². The smallest absolute Gasteiger partial charge is 0.200 e. The van der Waals surface area contributed by atoms with E-state index in [4.69, 9.17) is 0 Å². The molecule has 0 radical (unpaired) electrons. The van der Waals surface area contributed by atoms with Crippen LogP contribution < -0.4 is 4.90 Å². The van der Waals surface area contributed by atoms with Gasteiger partial charge in [-0.25, -0.2) is 0 Å². The molecule has 0 amide bonds. The summed E-state index contributed by atoms with van der Waals surface area (Å²) in [7, 11) is 1.86. The molecule has 2 aromatic carbocycles.